The second-order valence-corrected chi connectivity index (χ2v) is 9.07. The number of hydrogen-bond donors (Lipinski definition) is 0. The normalized spacial score (nSPS) is 22.0. The van der Waals surface area contributed by atoms with E-state index in [1.165, 1.54) is 12.1 Å². The summed E-state index contributed by atoms with van der Waals surface area (Å²) in [6, 6.07) is 4.43. The van der Waals surface area contributed by atoms with E-state index in [-0.39, 0.29) is 5.82 Å². The maximum absolute atomic E-state index is 13.2. The van der Waals surface area contributed by atoms with E-state index < -0.39 is 10.2 Å². The molecule has 0 saturated carbocycles. The monoisotopic (exact) mass is 389 g/mol. The molecule has 25 heavy (non-hydrogen) atoms. The highest BCUT2D eigenvalue weighted by atomic mass is 35.5. The van der Waals surface area contributed by atoms with Crippen LogP contribution in [0.1, 0.15) is 31.2 Å². The molecule has 2 fully saturated rings. The van der Waals surface area contributed by atoms with Gasteiger partial charge in [-0.2, -0.15) is 17.0 Å². The molecule has 0 bridgehead atoms. The molecule has 8 heteroatoms. The molecule has 5 nitrogen and oxygen atoms in total. The van der Waals surface area contributed by atoms with E-state index in [4.69, 9.17) is 11.6 Å². The summed E-state index contributed by atoms with van der Waals surface area (Å²) in [4.78, 5) is 2.19. The Morgan fingerprint density at radius 1 is 0.920 bits per heavy atom. The van der Waals surface area contributed by atoms with Crippen LogP contribution in [0, 0.1) is 5.82 Å². The quantitative estimate of drug-likeness (QED) is 0.795. The Morgan fingerprint density at radius 2 is 1.60 bits per heavy atom. The van der Waals surface area contributed by atoms with Crippen molar-refractivity contribution in [2.75, 3.05) is 39.3 Å². The second kappa shape index (κ2) is 8.31. The fraction of sp³-hybridized carbons (Fsp3) is 0.647. The Balaban J connectivity index is 1.62. The van der Waals surface area contributed by atoms with Crippen LogP contribution in [-0.2, 0) is 16.8 Å². The number of piperidine rings is 1. The third-order valence-electron chi connectivity index (χ3n) is 4.92. The summed E-state index contributed by atoms with van der Waals surface area (Å²) in [5.41, 5.74) is 0.871. The van der Waals surface area contributed by atoms with Crippen LogP contribution in [0.4, 0.5) is 4.39 Å². The van der Waals surface area contributed by atoms with Gasteiger partial charge in [-0.1, -0.05) is 24.1 Å². The van der Waals surface area contributed by atoms with Gasteiger partial charge in [0.2, 0.25) is 0 Å². The molecule has 140 valence electrons. The van der Waals surface area contributed by atoms with Crippen LogP contribution in [0.3, 0.4) is 0 Å². The molecule has 2 aliphatic heterocycles. The third-order valence-corrected chi connectivity index (χ3v) is 7.31. The SMILES string of the molecule is O=S(=O)(N1CCCCC1)N1CCCN(Cc2ccc(F)cc2Cl)CC1. The Bertz CT molecular complexity index is 695. The smallest absolute Gasteiger partial charge is 0.282 e. The van der Waals surface area contributed by atoms with Crippen LogP contribution in [0.25, 0.3) is 0 Å². The van der Waals surface area contributed by atoms with Crippen molar-refractivity contribution in [3.05, 3.63) is 34.6 Å². The average Bonchev–Trinajstić information content (AvgIpc) is 2.84. The largest absolute Gasteiger partial charge is 0.298 e. The summed E-state index contributed by atoms with van der Waals surface area (Å²) in [5, 5.41) is 0.419. The van der Waals surface area contributed by atoms with Crippen LogP contribution in [0.2, 0.25) is 5.02 Å². The Hall–Kier alpha value is -0.730. The van der Waals surface area contributed by atoms with Crippen molar-refractivity contribution in [3.8, 4) is 0 Å². The van der Waals surface area contributed by atoms with E-state index >= 15 is 0 Å². The van der Waals surface area contributed by atoms with Gasteiger partial charge in [-0.05, 0) is 43.5 Å². The summed E-state index contributed by atoms with van der Waals surface area (Å²) in [6.07, 6.45) is 3.79. The standard InChI is InChI=1S/C17H25ClFN3O2S/c18-17-13-16(19)6-5-15(17)14-20-7-4-10-22(12-11-20)25(23,24)21-8-2-1-3-9-21/h5-6,13H,1-4,7-12,14H2. The zero-order chi connectivity index (χ0) is 17.9. The lowest BCUT2D eigenvalue weighted by Crippen LogP contribution is -2.47. The number of halogens is 2. The molecule has 3 rings (SSSR count). The maximum Gasteiger partial charge on any atom is 0.282 e. The lowest BCUT2D eigenvalue weighted by Gasteiger charge is -2.31. The van der Waals surface area contributed by atoms with E-state index in [1.54, 1.807) is 14.7 Å². The zero-order valence-electron chi connectivity index (χ0n) is 14.3. The predicted octanol–water partition coefficient (Wildman–Crippen LogP) is 2.72. The Morgan fingerprint density at radius 3 is 2.32 bits per heavy atom. The number of nitrogens with zero attached hydrogens (tertiary/aromatic N) is 3. The lowest BCUT2D eigenvalue weighted by molar-refractivity contribution is 0.272. The minimum atomic E-state index is -3.35. The molecule has 0 unspecified atom stereocenters. The third kappa shape index (κ3) is 4.71. The Labute approximate surface area is 154 Å². The minimum Gasteiger partial charge on any atom is -0.298 e. The highest BCUT2D eigenvalue weighted by Gasteiger charge is 2.31. The van der Waals surface area contributed by atoms with Crippen molar-refractivity contribution in [3.63, 3.8) is 0 Å². The molecule has 0 radical (unpaired) electrons. The van der Waals surface area contributed by atoms with Crippen molar-refractivity contribution in [2.24, 2.45) is 0 Å². The topological polar surface area (TPSA) is 43.9 Å². The van der Waals surface area contributed by atoms with Gasteiger partial charge in [-0.25, -0.2) is 4.39 Å². The number of benzene rings is 1. The number of rotatable bonds is 4. The molecule has 2 heterocycles. The summed E-state index contributed by atoms with van der Waals surface area (Å²) >= 11 is 6.11. The first kappa shape index (κ1) is 19.0. The van der Waals surface area contributed by atoms with E-state index in [9.17, 15) is 12.8 Å². The van der Waals surface area contributed by atoms with Gasteiger partial charge in [-0.15, -0.1) is 0 Å². The van der Waals surface area contributed by atoms with Gasteiger partial charge >= 0.3 is 0 Å². The van der Waals surface area contributed by atoms with Crippen molar-refractivity contribution in [1.29, 1.82) is 0 Å². The zero-order valence-corrected chi connectivity index (χ0v) is 15.9. The molecule has 2 saturated heterocycles. The van der Waals surface area contributed by atoms with Gasteiger partial charge in [0.15, 0.2) is 0 Å². The first-order valence-electron chi connectivity index (χ1n) is 8.88. The van der Waals surface area contributed by atoms with E-state index in [0.29, 0.717) is 44.3 Å². The van der Waals surface area contributed by atoms with Crippen molar-refractivity contribution in [2.45, 2.75) is 32.2 Å². The van der Waals surface area contributed by atoms with Gasteiger partial charge < -0.3 is 0 Å². The van der Waals surface area contributed by atoms with Gasteiger partial charge in [-0.3, -0.25) is 4.90 Å². The van der Waals surface area contributed by atoms with Gasteiger partial charge in [0.1, 0.15) is 5.82 Å². The fourth-order valence-corrected chi connectivity index (χ4v) is 5.43. The molecule has 2 aliphatic rings. The molecule has 0 aromatic heterocycles. The molecule has 0 spiro atoms. The number of hydrogen-bond acceptors (Lipinski definition) is 3. The molecule has 0 aliphatic carbocycles. The van der Waals surface area contributed by atoms with Crippen LogP contribution < -0.4 is 0 Å². The predicted molar refractivity (Wildman–Crippen MR) is 97.2 cm³/mol. The van der Waals surface area contributed by atoms with Crippen LogP contribution in [0.15, 0.2) is 18.2 Å². The fourth-order valence-electron chi connectivity index (χ4n) is 3.49. The van der Waals surface area contributed by atoms with E-state index in [1.807, 2.05) is 0 Å². The van der Waals surface area contributed by atoms with Crippen LogP contribution in [-0.4, -0.2) is 61.2 Å². The molecule has 0 N–H and O–H groups in total. The lowest BCUT2D eigenvalue weighted by atomic mass is 10.2. The molecular formula is C17H25ClFN3O2S. The highest BCUT2D eigenvalue weighted by Crippen LogP contribution is 2.21. The summed E-state index contributed by atoms with van der Waals surface area (Å²) in [6.45, 7) is 4.36. The highest BCUT2D eigenvalue weighted by molar-refractivity contribution is 7.86. The second-order valence-electron chi connectivity index (χ2n) is 6.73. The first-order chi connectivity index (χ1) is 12.0. The maximum atomic E-state index is 13.2. The van der Waals surface area contributed by atoms with Gasteiger partial charge in [0.25, 0.3) is 10.2 Å². The summed E-state index contributed by atoms with van der Waals surface area (Å²) in [5.74, 6) is -0.344. The van der Waals surface area contributed by atoms with Crippen LogP contribution in [0.5, 0.6) is 0 Å². The van der Waals surface area contributed by atoms with Crippen molar-refractivity contribution >= 4 is 21.8 Å². The molecule has 1 aromatic carbocycles. The van der Waals surface area contributed by atoms with E-state index in [2.05, 4.69) is 4.90 Å². The first-order valence-corrected chi connectivity index (χ1v) is 10.7. The molecule has 0 amide bonds. The van der Waals surface area contributed by atoms with Gasteiger partial charge in [0.05, 0.1) is 0 Å². The summed E-state index contributed by atoms with van der Waals surface area (Å²) < 4.78 is 42.1. The average molecular weight is 390 g/mol. The van der Waals surface area contributed by atoms with Gasteiger partial charge in [0, 0.05) is 44.3 Å². The molecule has 0 atom stereocenters. The molecular weight excluding hydrogens is 365 g/mol. The minimum absolute atomic E-state index is 0.344. The van der Waals surface area contributed by atoms with Crippen molar-refractivity contribution in [1.82, 2.24) is 13.5 Å². The molecule has 1 aromatic rings. The summed E-state index contributed by atoms with van der Waals surface area (Å²) in [7, 11) is -3.35. The van der Waals surface area contributed by atoms with E-state index in [0.717, 1.165) is 37.8 Å². The van der Waals surface area contributed by atoms with Crippen LogP contribution >= 0.6 is 11.6 Å². The Kier molecular flexibility index (Phi) is 6.33. The van der Waals surface area contributed by atoms with Crippen molar-refractivity contribution < 1.29 is 12.8 Å².